The van der Waals surface area contributed by atoms with E-state index in [1.165, 1.54) is 0 Å². The average molecular weight is 301 g/mol. The number of carbonyl (C=O) groups is 2. The van der Waals surface area contributed by atoms with Gasteiger partial charge in [-0.2, -0.15) is 0 Å². The highest BCUT2D eigenvalue weighted by Gasteiger charge is 2.02. The molecule has 1 aromatic carbocycles. The number of aliphatic carboxylic acids is 2. The molecule has 2 heterocycles. The molecule has 3 rings (SSSR count). The zero-order valence-electron chi connectivity index (χ0n) is 11.1. The number of imidazole rings is 1. The lowest BCUT2D eigenvalue weighted by Crippen LogP contribution is -1.99. The maximum absolute atomic E-state index is 11.1. The van der Waals surface area contributed by atoms with Crippen LogP contribution in [-0.4, -0.2) is 37.1 Å². The van der Waals surface area contributed by atoms with Gasteiger partial charge in [-0.05, 0) is 6.07 Å². The normalized spacial score (nSPS) is 10.5. The van der Waals surface area contributed by atoms with Crippen LogP contribution >= 0.6 is 0 Å². The fourth-order valence-electron chi connectivity index (χ4n) is 1.78. The van der Waals surface area contributed by atoms with E-state index in [-0.39, 0.29) is 5.69 Å². The number of carboxylic acids is 2. The molecular weight excluding hydrogens is 290 g/mol. The van der Waals surface area contributed by atoms with Crippen molar-refractivity contribution in [2.45, 2.75) is 0 Å². The fourth-order valence-corrected chi connectivity index (χ4v) is 1.78. The third-order valence-electron chi connectivity index (χ3n) is 2.63. The van der Waals surface area contributed by atoms with E-state index in [1.807, 2.05) is 24.3 Å². The van der Waals surface area contributed by atoms with E-state index in [0.717, 1.165) is 21.9 Å². The Bertz CT molecular complexity index is 907. The molecule has 8 nitrogen and oxygen atoms in total. The summed E-state index contributed by atoms with van der Waals surface area (Å²) in [6.45, 7) is 0. The summed E-state index contributed by atoms with van der Waals surface area (Å²) in [5, 5.41) is 16.6. The van der Waals surface area contributed by atoms with E-state index in [2.05, 4.69) is 15.0 Å². The Kier molecular flexibility index (Phi) is 4.33. The van der Waals surface area contributed by atoms with E-state index >= 15 is 0 Å². The number of rotatable bonds is 2. The number of hydrogen-bond donors (Lipinski definition) is 4. The number of nitrogens with zero attached hydrogens (tertiary/aromatic N) is 1. The van der Waals surface area contributed by atoms with Gasteiger partial charge in [-0.1, -0.05) is 18.2 Å². The van der Waals surface area contributed by atoms with Gasteiger partial charge in [0, 0.05) is 17.5 Å². The predicted molar refractivity (Wildman–Crippen MR) is 78.6 cm³/mol. The minimum Gasteiger partial charge on any atom is -0.478 e. The number of nitrogens with one attached hydrogen (secondary N) is 2. The minimum atomic E-state index is -1.26. The lowest BCUT2D eigenvalue weighted by Gasteiger charge is -1.96. The van der Waals surface area contributed by atoms with Crippen molar-refractivity contribution in [2.75, 3.05) is 0 Å². The second-order valence-corrected chi connectivity index (χ2v) is 4.15. The molecule has 0 saturated carbocycles. The van der Waals surface area contributed by atoms with Crippen LogP contribution in [0.25, 0.3) is 21.9 Å². The fraction of sp³-hybridized carbons (Fsp3) is 0. The van der Waals surface area contributed by atoms with Gasteiger partial charge in [0.05, 0.1) is 22.7 Å². The van der Waals surface area contributed by atoms with Crippen molar-refractivity contribution in [3.8, 4) is 0 Å². The predicted octanol–water partition coefficient (Wildman–Crippen LogP) is 1.12. The molecule has 22 heavy (non-hydrogen) atoms. The number of H-pyrrole nitrogens is 2. The van der Waals surface area contributed by atoms with Gasteiger partial charge in [-0.25, -0.2) is 14.4 Å². The average Bonchev–Trinajstić information content (AvgIpc) is 2.86. The van der Waals surface area contributed by atoms with Gasteiger partial charge < -0.3 is 20.2 Å². The van der Waals surface area contributed by atoms with Crippen molar-refractivity contribution >= 4 is 33.9 Å². The van der Waals surface area contributed by atoms with E-state index in [4.69, 9.17) is 10.2 Å². The van der Waals surface area contributed by atoms with Gasteiger partial charge in [-0.3, -0.25) is 4.98 Å². The molecule has 2 aromatic heterocycles. The number of carboxylic acid groups (broad SMARTS) is 2. The van der Waals surface area contributed by atoms with Crippen molar-refractivity contribution in [3.05, 3.63) is 53.1 Å². The molecule has 8 heteroatoms. The molecule has 0 aliphatic carbocycles. The lowest BCUT2D eigenvalue weighted by molar-refractivity contribution is -0.134. The number of aromatic amines is 2. The first-order chi connectivity index (χ1) is 10.5. The SMILES string of the molecule is O=C(O)C=CC(=O)O.O=c1[nH]c2cnc3ccccc3c2[nH]1. The Morgan fingerprint density at radius 2 is 1.68 bits per heavy atom. The van der Waals surface area contributed by atoms with E-state index < -0.39 is 11.9 Å². The number of para-hydroxylation sites is 1. The van der Waals surface area contributed by atoms with Gasteiger partial charge >= 0.3 is 17.6 Å². The number of fused-ring (bicyclic) bond motifs is 3. The molecule has 0 aliphatic heterocycles. The van der Waals surface area contributed by atoms with Crippen molar-refractivity contribution < 1.29 is 19.8 Å². The van der Waals surface area contributed by atoms with Gasteiger partial charge in [0.2, 0.25) is 0 Å². The zero-order valence-corrected chi connectivity index (χ0v) is 11.1. The first kappa shape index (κ1) is 15.0. The van der Waals surface area contributed by atoms with Gasteiger partial charge in [-0.15, -0.1) is 0 Å². The van der Waals surface area contributed by atoms with Crippen LogP contribution in [0.15, 0.2) is 47.4 Å². The Balaban J connectivity index is 0.000000192. The standard InChI is InChI=1S/C10H7N3O.C4H4O4/c14-10-12-8-5-11-7-4-2-1-3-6(7)9(8)13-10;5-3(6)1-2-4(7)8/h1-5H,(H2,12,13,14);1-2H,(H,5,6)(H,7,8). The van der Waals surface area contributed by atoms with Gasteiger partial charge in [0.15, 0.2) is 0 Å². The molecule has 0 unspecified atom stereocenters. The third kappa shape index (κ3) is 3.57. The quantitative estimate of drug-likeness (QED) is 0.523. The highest BCUT2D eigenvalue weighted by molar-refractivity contribution is 6.01. The van der Waals surface area contributed by atoms with Crippen LogP contribution in [0, 0.1) is 0 Å². The van der Waals surface area contributed by atoms with E-state index in [9.17, 15) is 14.4 Å². The maximum Gasteiger partial charge on any atom is 0.328 e. The van der Waals surface area contributed by atoms with Crippen molar-refractivity contribution in [1.82, 2.24) is 15.0 Å². The van der Waals surface area contributed by atoms with Crippen LogP contribution in [0.5, 0.6) is 0 Å². The number of aromatic nitrogens is 3. The molecule has 0 fully saturated rings. The van der Waals surface area contributed by atoms with Crippen molar-refractivity contribution in [3.63, 3.8) is 0 Å². The first-order valence-corrected chi connectivity index (χ1v) is 6.07. The summed E-state index contributed by atoms with van der Waals surface area (Å²) in [5.41, 5.74) is 2.25. The number of pyridine rings is 1. The largest absolute Gasteiger partial charge is 0.478 e. The summed E-state index contributed by atoms with van der Waals surface area (Å²) >= 11 is 0. The lowest BCUT2D eigenvalue weighted by atomic mass is 10.2. The summed E-state index contributed by atoms with van der Waals surface area (Å²) in [7, 11) is 0. The first-order valence-electron chi connectivity index (χ1n) is 6.07. The molecule has 0 amide bonds. The van der Waals surface area contributed by atoms with Crippen molar-refractivity contribution in [1.29, 1.82) is 0 Å². The Hall–Kier alpha value is -3.42. The molecule has 0 aliphatic rings. The molecule has 0 atom stereocenters. The molecule has 0 spiro atoms. The molecule has 0 radical (unpaired) electrons. The van der Waals surface area contributed by atoms with Gasteiger partial charge in [0.25, 0.3) is 0 Å². The molecule has 4 N–H and O–H groups in total. The Morgan fingerprint density at radius 1 is 1.05 bits per heavy atom. The van der Waals surface area contributed by atoms with Crippen LogP contribution in [0.4, 0.5) is 0 Å². The monoisotopic (exact) mass is 301 g/mol. The molecular formula is C14H11N3O5. The Morgan fingerprint density at radius 3 is 2.32 bits per heavy atom. The Labute approximate surface area is 122 Å². The van der Waals surface area contributed by atoms with Crippen LogP contribution in [0.1, 0.15) is 0 Å². The summed E-state index contributed by atoms with van der Waals surface area (Å²) in [6, 6.07) is 7.70. The number of hydrogen-bond acceptors (Lipinski definition) is 4. The van der Waals surface area contributed by atoms with E-state index in [0.29, 0.717) is 12.2 Å². The summed E-state index contributed by atoms with van der Waals surface area (Å²) in [4.78, 5) is 39.9. The molecule has 112 valence electrons. The van der Waals surface area contributed by atoms with Crippen LogP contribution < -0.4 is 5.69 Å². The molecule has 3 aromatic rings. The summed E-state index contributed by atoms with van der Waals surface area (Å²) in [6.07, 6.45) is 2.78. The van der Waals surface area contributed by atoms with Crippen LogP contribution in [0.3, 0.4) is 0 Å². The van der Waals surface area contributed by atoms with E-state index in [1.54, 1.807) is 6.20 Å². The maximum atomic E-state index is 11.1. The zero-order chi connectivity index (χ0) is 16.1. The topological polar surface area (TPSA) is 136 Å². The van der Waals surface area contributed by atoms with Crippen LogP contribution in [0.2, 0.25) is 0 Å². The minimum absolute atomic E-state index is 0.196. The van der Waals surface area contributed by atoms with Crippen LogP contribution in [-0.2, 0) is 9.59 Å². The van der Waals surface area contributed by atoms with Crippen molar-refractivity contribution in [2.24, 2.45) is 0 Å². The smallest absolute Gasteiger partial charge is 0.328 e. The summed E-state index contributed by atoms with van der Waals surface area (Å²) < 4.78 is 0. The van der Waals surface area contributed by atoms with Gasteiger partial charge in [0.1, 0.15) is 0 Å². The summed E-state index contributed by atoms with van der Waals surface area (Å²) in [5.74, 6) is -2.51. The highest BCUT2D eigenvalue weighted by atomic mass is 16.4. The highest BCUT2D eigenvalue weighted by Crippen LogP contribution is 2.18. The third-order valence-corrected chi connectivity index (χ3v) is 2.63. The number of benzene rings is 1. The second-order valence-electron chi connectivity index (χ2n) is 4.15. The molecule has 0 bridgehead atoms. The molecule has 0 saturated heterocycles. The second kappa shape index (κ2) is 6.35.